The third kappa shape index (κ3) is 2.66. The lowest BCUT2D eigenvalue weighted by molar-refractivity contribution is 0.0960. The van der Waals surface area contributed by atoms with Gasteiger partial charge in [0.1, 0.15) is 4.88 Å². The van der Waals surface area contributed by atoms with Crippen molar-refractivity contribution in [1.29, 1.82) is 0 Å². The van der Waals surface area contributed by atoms with Crippen LogP contribution in [-0.2, 0) is 0 Å². The third-order valence-electron chi connectivity index (χ3n) is 1.50. The summed E-state index contributed by atoms with van der Waals surface area (Å²) in [5, 5.41) is 2.76. The highest BCUT2D eigenvalue weighted by atomic mass is 32.1. The first-order valence-electron chi connectivity index (χ1n) is 3.94. The molecule has 0 spiro atoms. The number of hydrogen-bond donors (Lipinski definition) is 1. The molecule has 3 nitrogen and oxygen atoms in total. The maximum atomic E-state index is 11.4. The second-order valence-electron chi connectivity index (χ2n) is 2.91. The molecule has 0 unspecified atom stereocenters. The maximum Gasteiger partial charge on any atom is 0.263 e. The van der Waals surface area contributed by atoms with Crippen molar-refractivity contribution >= 4 is 17.2 Å². The monoisotopic (exact) mass is 196 g/mol. The molecule has 0 bridgehead atoms. The minimum absolute atomic E-state index is 0.0667. The Morgan fingerprint density at radius 2 is 2.46 bits per heavy atom. The van der Waals surface area contributed by atoms with Crippen molar-refractivity contribution in [3.63, 3.8) is 0 Å². The van der Waals surface area contributed by atoms with E-state index >= 15 is 0 Å². The molecule has 1 amide bonds. The van der Waals surface area contributed by atoms with Crippen LogP contribution < -0.4 is 5.32 Å². The van der Waals surface area contributed by atoms with Crippen molar-refractivity contribution in [2.45, 2.75) is 13.8 Å². The summed E-state index contributed by atoms with van der Waals surface area (Å²) in [5.41, 5.74) is 3.39. The Bertz CT molecular complexity index is 330. The van der Waals surface area contributed by atoms with Crippen LogP contribution in [0.2, 0.25) is 0 Å². The number of aromatic nitrogens is 1. The van der Waals surface area contributed by atoms with Crippen LogP contribution in [0.25, 0.3) is 0 Å². The number of rotatable bonds is 3. The van der Waals surface area contributed by atoms with Gasteiger partial charge in [0.25, 0.3) is 5.91 Å². The first kappa shape index (κ1) is 9.92. The van der Waals surface area contributed by atoms with E-state index in [0.717, 1.165) is 11.3 Å². The first-order chi connectivity index (χ1) is 6.11. The molecule has 70 valence electrons. The highest BCUT2D eigenvalue weighted by Gasteiger charge is 2.10. The van der Waals surface area contributed by atoms with Gasteiger partial charge in [-0.2, -0.15) is 0 Å². The zero-order valence-electron chi connectivity index (χ0n) is 7.76. The van der Waals surface area contributed by atoms with Crippen molar-refractivity contribution in [1.82, 2.24) is 10.3 Å². The molecular weight excluding hydrogens is 184 g/mol. The van der Waals surface area contributed by atoms with Crippen LogP contribution in [0.1, 0.15) is 22.3 Å². The van der Waals surface area contributed by atoms with Crippen molar-refractivity contribution in [3.05, 3.63) is 28.2 Å². The first-order valence-corrected chi connectivity index (χ1v) is 4.82. The summed E-state index contributed by atoms with van der Waals surface area (Å²) >= 11 is 1.36. The summed E-state index contributed by atoms with van der Waals surface area (Å²) in [5.74, 6) is -0.0667. The Morgan fingerprint density at radius 1 is 1.77 bits per heavy atom. The average Bonchev–Trinajstić information content (AvgIpc) is 2.47. The number of hydrogen-bond acceptors (Lipinski definition) is 3. The van der Waals surface area contributed by atoms with E-state index in [-0.39, 0.29) is 5.91 Å². The van der Waals surface area contributed by atoms with Crippen molar-refractivity contribution < 1.29 is 4.79 Å². The number of nitrogens with one attached hydrogen (secondary N) is 1. The normalized spacial score (nSPS) is 9.69. The number of thiazole rings is 1. The van der Waals surface area contributed by atoms with E-state index < -0.39 is 0 Å². The Kier molecular flexibility index (Phi) is 3.19. The van der Waals surface area contributed by atoms with Gasteiger partial charge in [-0.15, -0.1) is 11.3 Å². The molecule has 0 aliphatic rings. The Hall–Kier alpha value is -1.16. The molecule has 0 aromatic carbocycles. The highest BCUT2D eigenvalue weighted by molar-refractivity contribution is 7.11. The molecule has 0 aliphatic heterocycles. The summed E-state index contributed by atoms with van der Waals surface area (Å²) in [4.78, 5) is 16.1. The second-order valence-corrected chi connectivity index (χ2v) is 3.76. The minimum Gasteiger partial charge on any atom is -0.348 e. The number of nitrogens with zero attached hydrogens (tertiary/aromatic N) is 1. The van der Waals surface area contributed by atoms with Gasteiger partial charge in [0, 0.05) is 6.54 Å². The Balaban J connectivity index is 2.59. The Labute approximate surface area is 81.5 Å². The molecule has 0 aliphatic carbocycles. The zero-order chi connectivity index (χ0) is 9.84. The lowest BCUT2D eigenvalue weighted by Gasteiger charge is -2.02. The van der Waals surface area contributed by atoms with Gasteiger partial charge in [0.2, 0.25) is 0 Å². The topological polar surface area (TPSA) is 42.0 Å². The van der Waals surface area contributed by atoms with E-state index in [1.807, 2.05) is 13.8 Å². The molecule has 1 heterocycles. The van der Waals surface area contributed by atoms with Gasteiger partial charge < -0.3 is 5.32 Å². The number of aryl methyl sites for hydroxylation is 1. The Morgan fingerprint density at radius 3 is 2.92 bits per heavy atom. The molecule has 1 aromatic rings. The quantitative estimate of drug-likeness (QED) is 0.748. The van der Waals surface area contributed by atoms with Gasteiger partial charge in [-0.25, -0.2) is 4.98 Å². The SMILES string of the molecule is C=C(C)CNC(=O)c1scnc1C. The van der Waals surface area contributed by atoms with Crippen molar-refractivity contribution in [2.24, 2.45) is 0 Å². The van der Waals surface area contributed by atoms with E-state index in [0.29, 0.717) is 11.4 Å². The van der Waals surface area contributed by atoms with Crippen molar-refractivity contribution in [2.75, 3.05) is 6.54 Å². The van der Waals surface area contributed by atoms with Gasteiger partial charge in [-0.1, -0.05) is 12.2 Å². The average molecular weight is 196 g/mol. The summed E-state index contributed by atoms with van der Waals surface area (Å²) in [6.07, 6.45) is 0. The summed E-state index contributed by atoms with van der Waals surface area (Å²) in [7, 11) is 0. The predicted octanol–water partition coefficient (Wildman–Crippen LogP) is 1.76. The van der Waals surface area contributed by atoms with Gasteiger partial charge in [-0.3, -0.25) is 4.79 Å². The zero-order valence-corrected chi connectivity index (χ0v) is 8.57. The number of carbonyl (C=O) groups excluding carboxylic acids is 1. The molecule has 1 aromatic heterocycles. The van der Waals surface area contributed by atoms with Crippen LogP contribution >= 0.6 is 11.3 Å². The summed E-state index contributed by atoms with van der Waals surface area (Å²) < 4.78 is 0. The van der Waals surface area contributed by atoms with Gasteiger partial charge >= 0.3 is 0 Å². The van der Waals surface area contributed by atoms with E-state index in [4.69, 9.17) is 0 Å². The number of amides is 1. The smallest absolute Gasteiger partial charge is 0.263 e. The van der Waals surface area contributed by atoms with Crippen LogP contribution in [0.4, 0.5) is 0 Å². The highest BCUT2D eigenvalue weighted by Crippen LogP contribution is 2.11. The second kappa shape index (κ2) is 4.18. The van der Waals surface area contributed by atoms with Crippen LogP contribution in [-0.4, -0.2) is 17.4 Å². The van der Waals surface area contributed by atoms with Crippen LogP contribution in [0.15, 0.2) is 17.7 Å². The standard InChI is InChI=1S/C9H12N2OS/c1-6(2)4-10-9(12)8-7(3)11-5-13-8/h5H,1,4H2,2-3H3,(H,10,12). The minimum atomic E-state index is -0.0667. The summed E-state index contributed by atoms with van der Waals surface area (Å²) in [6.45, 7) is 7.93. The molecule has 0 saturated heterocycles. The van der Waals surface area contributed by atoms with Crippen LogP contribution in [0.3, 0.4) is 0 Å². The predicted molar refractivity (Wildman–Crippen MR) is 54.0 cm³/mol. The maximum absolute atomic E-state index is 11.4. The largest absolute Gasteiger partial charge is 0.348 e. The molecule has 0 fully saturated rings. The van der Waals surface area contributed by atoms with Crippen LogP contribution in [0, 0.1) is 6.92 Å². The lowest BCUT2D eigenvalue weighted by atomic mass is 10.3. The molecule has 0 atom stereocenters. The van der Waals surface area contributed by atoms with E-state index in [2.05, 4.69) is 16.9 Å². The molecular formula is C9H12N2OS. The molecule has 13 heavy (non-hydrogen) atoms. The molecule has 0 radical (unpaired) electrons. The molecule has 4 heteroatoms. The fourth-order valence-corrected chi connectivity index (χ4v) is 1.55. The van der Waals surface area contributed by atoms with E-state index in [9.17, 15) is 4.79 Å². The molecule has 0 saturated carbocycles. The third-order valence-corrected chi connectivity index (χ3v) is 2.43. The van der Waals surface area contributed by atoms with E-state index in [1.165, 1.54) is 11.3 Å². The van der Waals surface area contributed by atoms with Gasteiger partial charge in [0.05, 0.1) is 11.2 Å². The number of carbonyl (C=O) groups is 1. The van der Waals surface area contributed by atoms with Gasteiger partial charge in [-0.05, 0) is 13.8 Å². The fraction of sp³-hybridized carbons (Fsp3) is 0.333. The molecule has 1 rings (SSSR count). The lowest BCUT2D eigenvalue weighted by Crippen LogP contribution is -2.24. The van der Waals surface area contributed by atoms with Crippen LogP contribution in [0.5, 0.6) is 0 Å². The fourth-order valence-electron chi connectivity index (χ4n) is 0.831. The van der Waals surface area contributed by atoms with Gasteiger partial charge in [0.15, 0.2) is 0 Å². The van der Waals surface area contributed by atoms with E-state index in [1.54, 1.807) is 5.51 Å². The molecule has 1 N–H and O–H groups in total. The van der Waals surface area contributed by atoms with Crippen molar-refractivity contribution in [3.8, 4) is 0 Å². The summed E-state index contributed by atoms with van der Waals surface area (Å²) in [6, 6.07) is 0.